The fraction of sp³-hybridized carbons (Fsp3) is 0. The molecule has 0 aliphatic heterocycles. The Hall–Kier alpha value is -0.480. The third kappa shape index (κ3) is 2.55. The van der Waals surface area contributed by atoms with Gasteiger partial charge in [-0.15, -0.1) is 0 Å². The lowest BCUT2D eigenvalue weighted by Crippen LogP contribution is -1.97. The zero-order valence-electron chi connectivity index (χ0n) is 7.06. The van der Waals surface area contributed by atoms with E-state index in [-0.39, 0.29) is 5.82 Å². The molecule has 0 saturated carbocycles. The number of halogens is 3. The molecule has 5 nitrogen and oxygen atoms in total. The predicted molar refractivity (Wildman–Crippen MR) is 60.9 cm³/mol. The summed E-state index contributed by atoms with van der Waals surface area (Å²) in [4.78, 5) is 4.05. The minimum absolute atomic E-state index is 0.237. The first-order valence-electron chi connectivity index (χ1n) is 3.74. The molecule has 2 heterocycles. The molecule has 2 rings (SSSR count). The van der Waals surface area contributed by atoms with Crippen LogP contribution in [0.3, 0.4) is 0 Å². The lowest BCUT2D eigenvalue weighted by Gasteiger charge is -2.06. The van der Waals surface area contributed by atoms with Crippen LogP contribution in [0, 0.1) is 0 Å². The second-order valence-electron chi connectivity index (χ2n) is 2.64. The molecule has 0 bridgehead atoms. The van der Waals surface area contributed by atoms with Gasteiger partial charge in [0.1, 0.15) is 11.0 Å². The Morgan fingerprint density at radius 3 is 2.87 bits per heavy atom. The number of fused-ring (bicyclic) bond motifs is 1. The van der Waals surface area contributed by atoms with Gasteiger partial charge < -0.3 is 0 Å². The first kappa shape index (κ1) is 11.0. The van der Waals surface area contributed by atoms with Crippen LogP contribution in [0.25, 0.3) is 5.65 Å². The van der Waals surface area contributed by atoms with Crippen molar-refractivity contribution in [2.24, 2.45) is 0 Å². The van der Waals surface area contributed by atoms with E-state index in [1.807, 2.05) is 0 Å². The molecule has 9 heteroatoms. The van der Waals surface area contributed by atoms with Crippen molar-refractivity contribution in [3.05, 3.63) is 23.5 Å². The molecule has 2 aromatic heterocycles. The average Bonchev–Trinajstić information content (AvgIpc) is 2.48. The highest BCUT2D eigenvalue weighted by Crippen LogP contribution is 2.55. The third-order valence-electron chi connectivity index (χ3n) is 1.56. The van der Waals surface area contributed by atoms with Gasteiger partial charge in [-0.05, 0) is 22.5 Å². The van der Waals surface area contributed by atoms with Crippen LogP contribution in [0.4, 0.5) is 5.82 Å². The number of aromatic nitrogens is 3. The maximum Gasteiger partial charge on any atom is 0.344 e. The maximum atomic E-state index is 11.1. The van der Waals surface area contributed by atoms with Gasteiger partial charge in [0.15, 0.2) is 5.65 Å². The van der Waals surface area contributed by atoms with Gasteiger partial charge in [-0.3, -0.25) is 9.65 Å². The Morgan fingerprint density at radius 1 is 1.47 bits per heavy atom. The van der Waals surface area contributed by atoms with Crippen LogP contribution in [0.5, 0.6) is 0 Å². The molecule has 0 aliphatic carbocycles. The maximum absolute atomic E-state index is 11.1. The average molecular weight is 285 g/mol. The largest absolute Gasteiger partial charge is 0.344 e. The molecule has 0 spiro atoms. The summed E-state index contributed by atoms with van der Waals surface area (Å²) in [5, 5.41) is 6.58. The topological polar surface area (TPSA) is 59.3 Å². The minimum atomic E-state index is -3.42. The van der Waals surface area contributed by atoms with Crippen LogP contribution in [-0.4, -0.2) is 14.6 Å². The molecule has 0 amide bonds. The van der Waals surface area contributed by atoms with Crippen molar-refractivity contribution >= 4 is 51.5 Å². The molecule has 15 heavy (non-hydrogen) atoms. The molecule has 0 aliphatic rings. The van der Waals surface area contributed by atoms with Crippen molar-refractivity contribution in [1.82, 2.24) is 14.6 Å². The highest BCUT2D eigenvalue weighted by atomic mass is 35.9. The molecule has 0 aromatic carbocycles. The second kappa shape index (κ2) is 3.83. The molecular formula is C6H4Cl3N4OP. The van der Waals surface area contributed by atoms with Crippen molar-refractivity contribution in [2.45, 2.75) is 0 Å². The quantitative estimate of drug-likeness (QED) is 0.679. The zero-order chi connectivity index (χ0) is 11.1. The Labute approximate surface area is 99.3 Å². The number of nitrogens with zero attached hydrogens (tertiary/aromatic N) is 3. The van der Waals surface area contributed by atoms with Crippen molar-refractivity contribution in [1.29, 1.82) is 0 Å². The molecule has 1 N–H and O–H groups in total. The van der Waals surface area contributed by atoms with Crippen LogP contribution < -0.4 is 5.09 Å². The van der Waals surface area contributed by atoms with Crippen LogP contribution >= 0.6 is 40.1 Å². The van der Waals surface area contributed by atoms with Gasteiger partial charge in [0.25, 0.3) is 0 Å². The molecule has 0 unspecified atom stereocenters. The number of nitrogens with one attached hydrogen (secondary N) is 1. The van der Waals surface area contributed by atoms with Crippen molar-refractivity contribution in [2.75, 3.05) is 5.09 Å². The van der Waals surface area contributed by atoms with Crippen molar-refractivity contribution < 1.29 is 4.57 Å². The standard InChI is InChI=1S/C6H4Cl3N4OP/c7-4-3-5(12-15(8,9)14)11-6-1-2-10-13(4)6/h1-3H,(H,11,12,14). The van der Waals surface area contributed by atoms with Crippen LogP contribution in [0.1, 0.15) is 0 Å². The summed E-state index contributed by atoms with van der Waals surface area (Å²) < 4.78 is 12.5. The normalized spacial score (nSPS) is 11.9. The SMILES string of the molecule is O=P(Cl)(Cl)Nc1cc(Cl)n2nccc2n1. The summed E-state index contributed by atoms with van der Waals surface area (Å²) >= 11 is 16.6. The van der Waals surface area contributed by atoms with E-state index in [0.717, 1.165) is 0 Å². The Balaban J connectivity index is 2.50. The smallest absolute Gasteiger partial charge is 0.297 e. The van der Waals surface area contributed by atoms with Gasteiger partial charge in [-0.1, -0.05) is 11.6 Å². The summed E-state index contributed by atoms with van der Waals surface area (Å²) in [5.41, 5.74) is 0.506. The van der Waals surface area contributed by atoms with E-state index in [9.17, 15) is 4.57 Å². The van der Waals surface area contributed by atoms with E-state index in [1.165, 1.54) is 10.6 Å². The van der Waals surface area contributed by atoms with Crippen molar-refractivity contribution in [3.63, 3.8) is 0 Å². The lowest BCUT2D eigenvalue weighted by molar-refractivity contribution is 0.595. The van der Waals surface area contributed by atoms with E-state index in [2.05, 4.69) is 15.2 Å². The van der Waals surface area contributed by atoms with E-state index in [4.69, 9.17) is 34.1 Å². The van der Waals surface area contributed by atoms with Crippen molar-refractivity contribution in [3.8, 4) is 0 Å². The molecule has 0 atom stereocenters. The highest BCUT2D eigenvalue weighted by molar-refractivity contribution is 8.09. The highest BCUT2D eigenvalue weighted by Gasteiger charge is 2.15. The third-order valence-corrected chi connectivity index (χ3v) is 2.83. The lowest BCUT2D eigenvalue weighted by atomic mass is 10.5. The summed E-state index contributed by atoms with van der Waals surface area (Å²) in [6.07, 6.45) is 1.54. The molecule has 0 fully saturated rings. The number of hydrogen-bond donors (Lipinski definition) is 1. The van der Waals surface area contributed by atoms with Gasteiger partial charge in [-0.25, -0.2) is 9.50 Å². The molecule has 0 saturated heterocycles. The Morgan fingerprint density at radius 2 is 2.20 bits per heavy atom. The fourth-order valence-electron chi connectivity index (χ4n) is 1.07. The monoisotopic (exact) mass is 284 g/mol. The molecule has 0 radical (unpaired) electrons. The van der Waals surface area contributed by atoms with Crippen LogP contribution in [-0.2, 0) is 4.57 Å². The second-order valence-corrected chi connectivity index (χ2v) is 7.55. The van der Waals surface area contributed by atoms with Gasteiger partial charge in [0.05, 0.1) is 6.20 Å². The van der Waals surface area contributed by atoms with Gasteiger partial charge >= 0.3 is 6.00 Å². The molecule has 2 aromatic rings. The Bertz CT molecular complexity index is 550. The number of rotatable bonds is 2. The van der Waals surface area contributed by atoms with E-state index >= 15 is 0 Å². The fourth-order valence-corrected chi connectivity index (χ4v) is 2.20. The van der Waals surface area contributed by atoms with Gasteiger partial charge in [0.2, 0.25) is 0 Å². The molecule has 80 valence electrons. The number of hydrogen-bond acceptors (Lipinski definition) is 3. The van der Waals surface area contributed by atoms with Crippen LogP contribution in [0.2, 0.25) is 5.15 Å². The summed E-state index contributed by atoms with van der Waals surface area (Å²) in [6, 6.07) is 3.07. The van der Waals surface area contributed by atoms with Gasteiger partial charge in [0, 0.05) is 12.1 Å². The predicted octanol–water partition coefficient (Wildman–Crippen LogP) is 3.38. The van der Waals surface area contributed by atoms with Crippen LogP contribution in [0.15, 0.2) is 18.3 Å². The number of anilines is 1. The van der Waals surface area contributed by atoms with E-state index < -0.39 is 6.00 Å². The minimum Gasteiger partial charge on any atom is -0.297 e. The van der Waals surface area contributed by atoms with E-state index in [0.29, 0.717) is 10.8 Å². The zero-order valence-corrected chi connectivity index (χ0v) is 10.2. The Kier molecular flexibility index (Phi) is 2.81. The molecular weight excluding hydrogens is 281 g/mol. The van der Waals surface area contributed by atoms with E-state index in [1.54, 1.807) is 12.3 Å². The summed E-state index contributed by atoms with van der Waals surface area (Å²) in [6.45, 7) is 0. The first-order valence-corrected chi connectivity index (χ1v) is 7.63. The summed E-state index contributed by atoms with van der Waals surface area (Å²) in [7, 11) is 0. The van der Waals surface area contributed by atoms with Gasteiger partial charge in [-0.2, -0.15) is 5.10 Å². The first-order chi connectivity index (χ1) is 6.96. The summed E-state index contributed by atoms with van der Waals surface area (Å²) in [5.74, 6) is -3.19.